The third-order valence-corrected chi connectivity index (χ3v) is 2.29. The molecule has 0 bridgehead atoms. The smallest absolute Gasteiger partial charge is 0.318 e. The van der Waals surface area contributed by atoms with Crippen molar-refractivity contribution >= 4 is 0 Å². The van der Waals surface area contributed by atoms with Crippen molar-refractivity contribution in [3.8, 4) is 0 Å². The lowest BCUT2D eigenvalue weighted by Crippen LogP contribution is -2.40. The Balaban J connectivity index is 2.39. The number of aromatic nitrogens is 2. The van der Waals surface area contributed by atoms with E-state index in [1.165, 1.54) is 4.90 Å². The summed E-state index contributed by atoms with van der Waals surface area (Å²) in [6.07, 6.45) is -0.802. The zero-order chi connectivity index (χ0) is 12.7. The molecule has 1 aromatic heterocycles. The molecule has 0 saturated carbocycles. The van der Waals surface area contributed by atoms with Crippen molar-refractivity contribution in [2.24, 2.45) is 0 Å². The van der Waals surface area contributed by atoms with Gasteiger partial charge < -0.3 is 5.32 Å². The van der Waals surface area contributed by atoms with Crippen molar-refractivity contribution < 1.29 is 13.2 Å². The molecule has 0 unspecified atom stereocenters. The topological polar surface area (TPSA) is 33.1 Å². The summed E-state index contributed by atoms with van der Waals surface area (Å²) in [6, 6.07) is 1.75. The van der Waals surface area contributed by atoms with Crippen LogP contribution in [0.25, 0.3) is 0 Å². The molecule has 7 heteroatoms. The summed E-state index contributed by atoms with van der Waals surface area (Å²) in [5.74, 6) is 0. The summed E-state index contributed by atoms with van der Waals surface area (Å²) in [5, 5.41) is 6.80. The summed E-state index contributed by atoms with van der Waals surface area (Å²) in [7, 11) is 1.72. The fourth-order valence-corrected chi connectivity index (χ4v) is 1.47. The van der Waals surface area contributed by atoms with E-state index in [9.17, 15) is 13.2 Å². The van der Waals surface area contributed by atoms with Crippen molar-refractivity contribution in [3.05, 3.63) is 18.5 Å². The van der Waals surface area contributed by atoms with Gasteiger partial charge >= 0.3 is 6.18 Å². The third kappa shape index (κ3) is 6.28. The highest BCUT2D eigenvalue weighted by molar-refractivity contribution is 4.78. The van der Waals surface area contributed by atoms with Gasteiger partial charge in [-0.05, 0) is 13.1 Å². The van der Waals surface area contributed by atoms with Gasteiger partial charge in [0.05, 0.1) is 13.1 Å². The largest absolute Gasteiger partial charge is 0.401 e. The average Bonchev–Trinajstić information content (AvgIpc) is 2.73. The van der Waals surface area contributed by atoms with E-state index in [0.717, 1.165) is 0 Å². The molecule has 0 saturated heterocycles. The van der Waals surface area contributed by atoms with E-state index in [1.807, 2.05) is 0 Å². The van der Waals surface area contributed by atoms with Crippen LogP contribution >= 0.6 is 0 Å². The number of alkyl halides is 3. The molecule has 1 heterocycles. The summed E-state index contributed by atoms with van der Waals surface area (Å²) in [4.78, 5) is 1.37. The van der Waals surface area contributed by atoms with Gasteiger partial charge in [-0.1, -0.05) is 0 Å². The molecule has 0 spiro atoms. The molecule has 0 fully saturated rings. The Kier molecular flexibility index (Phi) is 5.43. The average molecular weight is 250 g/mol. The van der Waals surface area contributed by atoms with Gasteiger partial charge in [-0.15, -0.1) is 0 Å². The highest BCUT2D eigenvalue weighted by atomic mass is 19.4. The van der Waals surface area contributed by atoms with Crippen LogP contribution < -0.4 is 5.32 Å². The van der Waals surface area contributed by atoms with Crippen LogP contribution in [0.4, 0.5) is 13.2 Å². The Bertz CT molecular complexity index is 297. The summed E-state index contributed by atoms with van der Waals surface area (Å²) < 4.78 is 38.6. The molecule has 0 aliphatic heterocycles. The second kappa shape index (κ2) is 6.61. The van der Waals surface area contributed by atoms with Crippen LogP contribution in [0.15, 0.2) is 18.5 Å². The zero-order valence-electron chi connectivity index (χ0n) is 9.74. The molecule has 0 amide bonds. The van der Waals surface area contributed by atoms with E-state index in [-0.39, 0.29) is 0 Å². The van der Waals surface area contributed by atoms with E-state index in [2.05, 4.69) is 10.4 Å². The lowest BCUT2D eigenvalue weighted by Gasteiger charge is -2.23. The van der Waals surface area contributed by atoms with E-state index in [4.69, 9.17) is 0 Å². The molecule has 17 heavy (non-hydrogen) atoms. The van der Waals surface area contributed by atoms with Crippen molar-refractivity contribution in [1.82, 2.24) is 20.0 Å². The molecule has 1 aromatic rings. The van der Waals surface area contributed by atoms with E-state index < -0.39 is 12.7 Å². The lowest BCUT2D eigenvalue weighted by atomic mass is 10.4. The van der Waals surface area contributed by atoms with Crippen LogP contribution in [0.3, 0.4) is 0 Å². The Hall–Kier alpha value is -1.08. The lowest BCUT2D eigenvalue weighted by molar-refractivity contribution is -0.146. The van der Waals surface area contributed by atoms with Gasteiger partial charge in [0, 0.05) is 32.0 Å². The van der Waals surface area contributed by atoms with E-state index >= 15 is 0 Å². The van der Waals surface area contributed by atoms with Crippen LogP contribution in [0.2, 0.25) is 0 Å². The van der Waals surface area contributed by atoms with Gasteiger partial charge in [0.15, 0.2) is 0 Å². The van der Waals surface area contributed by atoms with Crippen LogP contribution in [0, 0.1) is 0 Å². The Morgan fingerprint density at radius 2 is 2.12 bits per heavy atom. The monoisotopic (exact) mass is 250 g/mol. The molecule has 0 radical (unpaired) electrons. The number of hydrogen-bond acceptors (Lipinski definition) is 3. The minimum atomic E-state index is -4.15. The number of halogens is 3. The van der Waals surface area contributed by atoms with Crippen LogP contribution in [-0.2, 0) is 6.54 Å². The van der Waals surface area contributed by atoms with Crippen LogP contribution in [0.5, 0.6) is 0 Å². The molecule has 0 atom stereocenters. The normalized spacial score (nSPS) is 12.3. The predicted octanol–water partition coefficient (Wildman–Crippen LogP) is 0.967. The maximum Gasteiger partial charge on any atom is 0.401 e. The molecular weight excluding hydrogens is 233 g/mol. The number of nitrogens with zero attached hydrogens (tertiary/aromatic N) is 3. The standard InChI is InChI=1S/C10H17F3N4/c1-14-4-6-16(9-10(11,12)13)7-8-17-5-2-3-15-17/h2-3,5,14H,4,6-9H2,1H3. The van der Waals surface area contributed by atoms with Gasteiger partial charge in [0.2, 0.25) is 0 Å². The van der Waals surface area contributed by atoms with Gasteiger partial charge in [-0.3, -0.25) is 9.58 Å². The van der Waals surface area contributed by atoms with Gasteiger partial charge in [0.1, 0.15) is 0 Å². The number of hydrogen-bond donors (Lipinski definition) is 1. The maximum absolute atomic E-state index is 12.3. The fourth-order valence-electron chi connectivity index (χ4n) is 1.47. The third-order valence-electron chi connectivity index (χ3n) is 2.29. The SMILES string of the molecule is CNCCN(CCn1cccn1)CC(F)(F)F. The second-order valence-electron chi connectivity index (χ2n) is 3.76. The number of likely N-dealkylation sites (N-methyl/N-ethyl adjacent to an activating group) is 1. The summed E-state index contributed by atoms with van der Waals surface area (Å²) >= 11 is 0. The van der Waals surface area contributed by atoms with Crippen molar-refractivity contribution in [3.63, 3.8) is 0 Å². The fraction of sp³-hybridized carbons (Fsp3) is 0.700. The minimum Gasteiger partial charge on any atom is -0.318 e. The number of rotatable bonds is 7. The molecule has 0 aromatic carbocycles. The first-order valence-electron chi connectivity index (χ1n) is 5.42. The van der Waals surface area contributed by atoms with E-state index in [0.29, 0.717) is 26.2 Å². The second-order valence-corrected chi connectivity index (χ2v) is 3.76. The summed E-state index contributed by atoms with van der Waals surface area (Å²) in [6.45, 7) is 0.831. The summed E-state index contributed by atoms with van der Waals surface area (Å²) in [5.41, 5.74) is 0. The Morgan fingerprint density at radius 1 is 1.35 bits per heavy atom. The highest BCUT2D eigenvalue weighted by Gasteiger charge is 2.30. The molecular formula is C10H17F3N4. The van der Waals surface area contributed by atoms with Crippen molar-refractivity contribution in [2.45, 2.75) is 12.7 Å². The maximum atomic E-state index is 12.3. The minimum absolute atomic E-state index is 0.336. The van der Waals surface area contributed by atoms with E-state index in [1.54, 1.807) is 30.2 Å². The first-order chi connectivity index (χ1) is 8.01. The van der Waals surface area contributed by atoms with Crippen LogP contribution in [0.1, 0.15) is 0 Å². The molecule has 1 rings (SSSR count). The first-order valence-corrected chi connectivity index (χ1v) is 5.42. The van der Waals surface area contributed by atoms with Crippen molar-refractivity contribution in [2.75, 3.05) is 33.2 Å². The first kappa shape index (κ1) is 14.0. The van der Waals surface area contributed by atoms with Crippen molar-refractivity contribution in [1.29, 1.82) is 0 Å². The Labute approximate surface area is 98.4 Å². The van der Waals surface area contributed by atoms with Gasteiger partial charge in [-0.25, -0.2) is 0 Å². The quantitative estimate of drug-likeness (QED) is 0.782. The molecule has 4 nitrogen and oxygen atoms in total. The molecule has 0 aliphatic rings. The van der Waals surface area contributed by atoms with Gasteiger partial charge in [0.25, 0.3) is 0 Å². The Morgan fingerprint density at radius 3 is 2.65 bits per heavy atom. The van der Waals surface area contributed by atoms with Crippen LogP contribution in [-0.4, -0.2) is 54.1 Å². The molecule has 98 valence electrons. The number of nitrogens with one attached hydrogen (secondary N) is 1. The molecule has 1 N–H and O–H groups in total. The highest BCUT2D eigenvalue weighted by Crippen LogP contribution is 2.16. The zero-order valence-corrected chi connectivity index (χ0v) is 9.74. The molecule has 0 aliphatic carbocycles. The van der Waals surface area contributed by atoms with Gasteiger partial charge in [-0.2, -0.15) is 18.3 Å². The predicted molar refractivity (Wildman–Crippen MR) is 58.6 cm³/mol.